The number of sulfonamides is 1. The van der Waals surface area contributed by atoms with Gasteiger partial charge in [0, 0.05) is 29.7 Å². The van der Waals surface area contributed by atoms with Crippen molar-refractivity contribution in [3.05, 3.63) is 106 Å². The maximum Gasteiger partial charge on any atom is 0.392 e. The average Bonchev–Trinajstić information content (AvgIpc) is 3.66. The summed E-state index contributed by atoms with van der Waals surface area (Å²) >= 11 is 0. The minimum atomic E-state index is -4.65. The maximum atomic E-state index is 15.9. The van der Waals surface area contributed by atoms with Crippen molar-refractivity contribution >= 4 is 26.7 Å². The zero-order valence-electron chi connectivity index (χ0n) is 24.1. The van der Waals surface area contributed by atoms with Crippen LogP contribution in [0.4, 0.5) is 27.8 Å². The summed E-state index contributed by atoms with van der Waals surface area (Å²) < 4.78 is 116. The van der Waals surface area contributed by atoms with E-state index in [1.165, 1.54) is 26.4 Å². The van der Waals surface area contributed by atoms with E-state index in [0.717, 1.165) is 45.5 Å². The van der Waals surface area contributed by atoms with Crippen LogP contribution in [0.25, 0.3) is 16.6 Å². The minimum absolute atomic E-state index is 0.0787. The van der Waals surface area contributed by atoms with Crippen molar-refractivity contribution < 1.29 is 44.4 Å². The van der Waals surface area contributed by atoms with Crippen molar-refractivity contribution in [1.29, 1.82) is 0 Å². The molecule has 240 valence electrons. The van der Waals surface area contributed by atoms with Gasteiger partial charge in [-0.3, -0.25) is 9.36 Å². The van der Waals surface area contributed by atoms with E-state index in [0.29, 0.717) is 11.3 Å². The zero-order chi connectivity index (χ0) is 33.0. The quantitative estimate of drug-likeness (QED) is 0.170. The Hall–Kier alpha value is -4.92. The van der Waals surface area contributed by atoms with Gasteiger partial charge in [-0.25, -0.2) is 21.5 Å². The molecule has 9 nitrogen and oxygen atoms in total. The first-order chi connectivity index (χ1) is 21.8. The summed E-state index contributed by atoms with van der Waals surface area (Å²) in [6, 6.07) is 13.9. The van der Waals surface area contributed by atoms with Crippen LogP contribution in [0.2, 0.25) is 0 Å². The number of anilines is 1. The number of methoxy groups -OCH3 is 2. The number of hydrogen-bond donors (Lipinski definition) is 0. The molecule has 2 unspecified atom stereocenters. The molecule has 2 atom stereocenters. The third-order valence-corrected chi connectivity index (χ3v) is 9.60. The lowest BCUT2D eigenvalue weighted by atomic mass is 10.1. The Kier molecular flexibility index (Phi) is 7.74. The molecule has 2 heterocycles. The number of nitrogens with zero attached hydrogens (tertiary/aromatic N) is 3. The lowest BCUT2D eigenvalue weighted by molar-refractivity contribution is -0.148. The van der Waals surface area contributed by atoms with Crippen molar-refractivity contribution in [2.75, 3.05) is 18.5 Å². The first kappa shape index (κ1) is 31.1. The van der Waals surface area contributed by atoms with Gasteiger partial charge in [-0.1, -0.05) is 17.3 Å². The molecule has 0 radical (unpaired) electrons. The second-order valence-electron chi connectivity index (χ2n) is 10.6. The summed E-state index contributed by atoms with van der Waals surface area (Å²) in [6.45, 7) is -0.255. The van der Waals surface area contributed by atoms with Gasteiger partial charge in [0.2, 0.25) is 0 Å². The second kappa shape index (κ2) is 11.5. The van der Waals surface area contributed by atoms with Gasteiger partial charge in [0.15, 0.2) is 5.82 Å². The normalized spacial score (nSPS) is 16.4. The number of pyridine rings is 1. The fraction of sp³-hybridized carbons (Fsp3) is 0.226. The number of benzene rings is 3. The summed E-state index contributed by atoms with van der Waals surface area (Å²) in [7, 11) is -1.98. The van der Waals surface area contributed by atoms with E-state index < -0.39 is 50.1 Å². The predicted octanol–water partition coefficient (Wildman–Crippen LogP) is 6.34. The van der Waals surface area contributed by atoms with E-state index in [-0.39, 0.29) is 46.7 Å². The van der Waals surface area contributed by atoms with Crippen LogP contribution >= 0.6 is 0 Å². The van der Waals surface area contributed by atoms with Gasteiger partial charge in [-0.05, 0) is 53.8 Å². The van der Waals surface area contributed by atoms with E-state index in [2.05, 4.69) is 5.16 Å². The lowest BCUT2D eigenvalue weighted by Crippen LogP contribution is -2.31. The second-order valence-corrected chi connectivity index (χ2v) is 12.4. The van der Waals surface area contributed by atoms with Gasteiger partial charge < -0.3 is 14.0 Å². The van der Waals surface area contributed by atoms with Gasteiger partial charge >= 0.3 is 6.18 Å². The Labute approximate surface area is 258 Å². The molecular formula is C31H24F5N3O6S. The van der Waals surface area contributed by atoms with Gasteiger partial charge in [-0.15, -0.1) is 0 Å². The average molecular weight is 662 g/mol. The van der Waals surface area contributed by atoms with Crippen molar-refractivity contribution in [3.63, 3.8) is 0 Å². The number of alkyl halides is 3. The first-order valence-electron chi connectivity index (χ1n) is 13.7. The number of aromatic nitrogens is 2. The van der Waals surface area contributed by atoms with Crippen LogP contribution in [0.3, 0.4) is 0 Å². The van der Waals surface area contributed by atoms with Gasteiger partial charge in [-0.2, -0.15) is 13.2 Å². The molecule has 6 rings (SSSR count). The summed E-state index contributed by atoms with van der Waals surface area (Å²) in [5.41, 5.74) is -0.802. The fourth-order valence-corrected chi connectivity index (χ4v) is 6.89. The first-order valence-corrected chi connectivity index (χ1v) is 15.1. The highest BCUT2D eigenvalue weighted by Crippen LogP contribution is 2.57. The fourth-order valence-electron chi connectivity index (χ4n) is 5.41. The van der Waals surface area contributed by atoms with Crippen LogP contribution in [0.1, 0.15) is 23.5 Å². The van der Waals surface area contributed by atoms with E-state index in [1.807, 2.05) is 0 Å². The Morgan fingerprint density at radius 3 is 2.33 bits per heavy atom. The molecule has 1 aliphatic rings. The van der Waals surface area contributed by atoms with E-state index in [9.17, 15) is 26.4 Å². The molecule has 2 aromatic heterocycles. The standard InChI is InChI=1S/C31H24F5N3O6S/c1-43-19-6-3-17(4-7-19)16-38(29-9-10-45-37-29)46(41,42)28-11-18-5-8-30(40)39(25(18)15-24(28)33)26-14-23(32)21(13-27(26)44-2)20-12-22(20)31(34,35)36/h3-11,13-15,20,22H,12,16H2,1-2H3. The van der Waals surface area contributed by atoms with Gasteiger partial charge in [0.05, 0.1) is 37.9 Å². The van der Waals surface area contributed by atoms with Crippen molar-refractivity contribution in [2.24, 2.45) is 5.92 Å². The van der Waals surface area contributed by atoms with E-state index in [1.54, 1.807) is 24.3 Å². The molecule has 1 saturated carbocycles. The third kappa shape index (κ3) is 5.55. The number of rotatable bonds is 9. The summed E-state index contributed by atoms with van der Waals surface area (Å²) in [5.74, 6) is -4.76. The Bertz CT molecular complexity index is 2100. The Balaban J connectivity index is 1.44. The summed E-state index contributed by atoms with van der Waals surface area (Å²) in [4.78, 5) is 12.3. The topological polar surface area (TPSA) is 104 Å². The van der Waals surface area contributed by atoms with Crippen LogP contribution in [0, 0.1) is 17.6 Å². The highest BCUT2D eigenvalue weighted by molar-refractivity contribution is 7.92. The maximum absolute atomic E-state index is 15.9. The number of ether oxygens (including phenoxy) is 2. The Morgan fingerprint density at radius 1 is 0.978 bits per heavy atom. The van der Waals surface area contributed by atoms with Crippen LogP contribution in [0.15, 0.2) is 87.2 Å². The van der Waals surface area contributed by atoms with Crippen LogP contribution in [-0.4, -0.2) is 38.5 Å². The number of fused-ring (bicyclic) bond motifs is 1. The summed E-state index contributed by atoms with van der Waals surface area (Å²) in [5, 5.41) is 3.81. The third-order valence-electron chi connectivity index (χ3n) is 7.83. The monoisotopic (exact) mass is 661 g/mol. The van der Waals surface area contributed by atoms with E-state index in [4.69, 9.17) is 14.0 Å². The number of hydrogen-bond acceptors (Lipinski definition) is 7. The van der Waals surface area contributed by atoms with Crippen LogP contribution in [0.5, 0.6) is 11.5 Å². The SMILES string of the molecule is COc1ccc(CN(c2ccon2)S(=O)(=O)c2cc3ccc(=O)n(-c4cc(F)c(C5CC5C(F)(F)F)cc4OC)c3cc2F)cc1. The van der Waals surface area contributed by atoms with Gasteiger partial charge in [0.25, 0.3) is 15.6 Å². The molecule has 3 aromatic carbocycles. The molecule has 0 aliphatic heterocycles. The molecular weight excluding hydrogens is 637 g/mol. The molecule has 0 N–H and O–H groups in total. The largest absolute Gasteiger partial charge is 0.497 e. The zero-order valence-corrected chi connectivity index (χ0v) is 24.9. The molecule has 1 aliphatic carbocycles. The van der Waals surface area contributed by atoms with Crippen molar-refractivity contribution in [1.82, 2.24) is 9.72 Å². The highest BCUT2D eigenvalue weighted by Gasteiger charge is 2.57. The van der Waals surface area contributed by atoms with Crippen molar-refractivity contribution in [2.45, 2.75) is 30.0 Å². The minimum Gasteiger partial charge on any atom is -0.497 e. The molecule has 5 aromatic rings. The highest BCUT2D eigenvalue weighted by atomic mass is 32.2. The van der Waals surface area contributed by atoms with Crippen LogP contribution in [-0.2, 0) is 16.6 Å². The number of halogens is 5. The molecule has 1 fully saturated rings. The predicted molar refractivity (Wildman–Crippen MR) is 156 cm³/mol. The summed E-state index contributed by atoms with van der Waals surface area (Å²) in [6.07, 6.45) is -3.63. The smallest absolute Gasteiger partial charge is 0.392 e. The molecule has 0 spiro atoms. The Morgan fingerprint density at radius 2 is 1.72 bits per heavy atom. The lowest BCUT2D eigenvalue weighted by Gasteiger charge is -2.23. The molecule has 15 heteroatoms. The van der Waals surface area contributed by atoms with Gasteiger partial charge in [0.1, 0.15) is 34.3 Å². The molecule has 0 amide bonds. The van der Waals surface area contributed by atoms with E-state index >= 15 is 8.78 Å². The van der Waals surface area contributed by atoms with Crippen LogP contribution < -0.4 is 19.3 Å². The molecule has 0 saturated heterocycles. The van der Waals surface area contributed by atoms with Crippen molar-refractivity contribution in [3.8, 4) is 17.2 Å². The molecule has 0 bridgehead atoms. The molecule has 46 heavy (non-hydrogen) atoms.